The van der Waals surface area contributed by atoms with Gasteiger partial charge < -0.3 is 14.9 Å². The molecule has 2 N–H and O–H groups in total. The maximum absolute atomic E-state index is 13.0. The Morgan fingerprint density at radius 3 is 1.55 bits per heavy atom. The maximum atomic E-state index is 13.0. The van der Waals surface area contributed by atoms with Gasteiger partial charge in [-0.05, 0) is 54.1 Å². The van der Waals surface area contributed by atoms with Crippen LogP contribution in [0, 0.1) is 11.6 Å². The molecule has 0 aliphatic carbocycles. The van der Waals surface area contributed by atoms with Crippen LogP contribution >= 0.6 is 0 Å². The summed E-state index contributed by atoms with van der Waals surface area (Å²) in [6, 6.07) is 19.6. The third-order valence-corrected chi connectivity index (χ3v) is 7.00. The molecule has 0 radical (unpaired) electrons. The molecule has 0 unspecified atom stereocenters. The van der Waals surface area contributed by atoms with Crippen molar-refractivity contribution in [2.24, 2.45) is 5.73 Å². The highest BCUT2D eigenvalue weighted by molar-refractivity contribution is 6.21. The lowest BCUT2D eigenvalue weighted by Gasteiger charge is -2.14. The number of imidazole rings is 2. The largest absolute Gasteiger partial charge is 0.330 e. The van der Waals surface area contributed by atoms with Crippen molar-refractivity contribution in [1.82, 2.24) is 24.0 Å². The van der Waals surface area contributed by atoms with Crippen LogP contribution < -0.4 is 5.73 Å². The highest BCUT2D eigenvalue weighted by atomic mass is 19.1. The molecule has 2 aromatic heterocycles. The summed E-state index contributed by atoms with van der Waals surface area (Å²) >= 11 is 0. The second kappa shape index (κ2) is 13.1. The van der Waals surface area contributed by atoms with Crippen LogP contribution in [-0.2, 0) is 25.9 Å². The van der Waals surface area contributed by atoms with Crippen LogP contribution in [0.3, 0.4) is 0 Å². The minimum Gasteiger partial charge on any atom is -0.330 e. The molecule has 0 fully saturated rings. The Bertz CT molecular complexity index is 1630. The highest BCUT2D eigenvalue weighted by Crippen LogP contribution is 2.22. The summed E-state index contributed by atoms with van der Waals surface area (Å²) in [7, 11) is 0. The van der Waals surface area contributed by atoms with E-state index in [1.165, 1.54) is 29.2 Å². The monoisotopic (exact) mass is 568 g/mol. The van der Waals surface area contributed by atoms with Crippen molar-refractivity contribution in [1.29, 1.82) is 0 Å². The number of hydrogen-bond acceptors (Lipinski definition) is 5. The Kier molecular flexibility index (Phi) is 8.93. The van der Waals surface area contributed by atoms with Crippen LogP contribution in [0.5, 0.6) is 0 Å². The summed E-state index contributed by atoms with van der Waals surface area (Å²) in [5.41, 5.74) is 10.4. The summed E-state index contributed by atoms with van der Waals surface area (Å²) < 4.78 is 29.7. The number of amides is 2. The molecule has 3 aromatic carbocycles. The van der Waals surface area contributed by atoms with Gasteiger partial charge in [0.15, 0.2) is 0 Å². The van der Waals surface area contributed by atoms with Crippen LogP contribution in [0.2, 0.25) is 0 Å². The lowest BCUT2D eigenvalue weighted by molar-refractivity contribution is 0.0655. The molecule has 0 saturated carbocycles. The number of carbonyl (C=O) groups is 2. The molecular formula is C32H30F2N6O2. The van der Waals surface area contributed by atoms with Crippen LogP contribution in [0.4, 0.5) is 8.78 Å². The van der Waals surface area contributed by atoms with Gasteiger partial charge in [0.05, 0.1) is 23.8 Å². The number of rotatable bonds is 9. The predicted molar refractivity (Wildman–Crippen MR) is 154 cm³/mol. The number of aromatic nitrogens is 4. The molecule has 214 valence electrons. The van der Waals surface area contributed by atoms with Gasteiger partial charge in [-0.25, -0.2) is 18.7 Å². The van der Waals surface area contributed by atoms with Crippen molar-refractivity contribution < 1.29 is 18.4 Å². The molecule has 6 rings (SSSR count). The zero-order valence-corrected chi connectivity index (χ0v) is 22.9. The summed E-state index contributed by atoms with van der Waals surface area (Å²) in [6.45, 7) is 2.16. The first-order valence-electron chi connectivity index (χ1n) is 13.5. The first-order valence-corrected chi connectivity index (χ1v) is 13.5. The van der Waals surface area contributed by atoms with E-state index in [9.17, 15) is 18.4 Å². The van der Waals surface area contributed by atoms with Crippen LogP contribution in [0.15, 0.2) is 97.8 Å². The summed E-state index contributed by atoms with van der Waals surface area (Å²) in [5, 5.41) is 0. The van der Waals surface area contributed by atoms with Gasteiger partial charge in [0, 0.05) is 56.3 Å². The highest BCUT2D eigenvalue weighted by Gasteiger charge is 2.34. The number of hydrogen-bond donors (Lipinski definition) is 1. The maximum Gasteiger partial charge on any atom is 0.261 e. The van der Waals surface area contributed by atoms with E-state index in [2.05, 4.69) is 9.97 Å². The fourth-order valence-electron chi connectivity index (χ4n) is 4.79. The topological polar surface area (TPSA) is 99.0 Å². The number of benzene rings is 3. The normalized spacial score (nSPS) is 12.3. The second-order valence-corrected chi connectivity index (χ2v) is 9.87. The predicted octanol–water partition coefficient (Wildman–Crippen LogP) is 4.48. The van der Waals surface area contributed by atoms with Crippen LogP contribution in [-0.4, -0.2) is 48.9 Å². The van der Waals surface area contributed by atoms with E-state index in [4.69, 9.17) is 5.73 Å². The molecule has 3 heterocycles. The minimum absolute atomic E-state index is 0.212. The average Bonchev–Trinajstić information content (AvgIpc) is 3.70. The minimum atomic E-state index is -0.273. The van der Waals surface area contributed by atoms with Crippen molar-refractivity contribution in [3.8, 4) is 0 Å². The number of fused-ring (bicyclic) bond motifs is 1. The van der Waals surface area contributed by atoms with E-state index >= 15 is 0 Å². The summed E-state index contributed by atoms with van der Waals surface area (Å²) in [4.78, 5) is 34.4. The number of halogens is 2. The Hall–Kier alpha value is -4.96. The molecule has 0 atom stereocenters. The van der Waals surface area contributed by atoms with E-state index < -0.39 is 0 Å². The molecule has 0 bridgehead atoms. The van der Waals surface area contributed by atoms with Crippen molar-refractivity contribution in [2.75, 3.05) is 13.1 Å². The van der Waals surface area contributed by atoms with Crippen molar-refractivity contribution in [3.05, 3.63) is 143 Å². The summed E-state index contributed by atoms with van der Waals surface area (Å²) in [5.74, 6) is -0.993. The van der Waals surface area contributed by atoms with Crippen molar-refractivity contribution >= 4 is 11.8 Å². The summed E-state index contributed by atoms with van der Waals surface area (Å²) in [6.07, 6.45) is 8.32. The second-order valence-electron chi connectivity index (χ2n) is 9.87. The Labute approximate surface area is 242 Å². The van der Waals surface area contributed by atoms with Gasteiger partial charge in [-0.1, -0.05) is 36.4 Å². The molecule has 1 aliphatic heterocycles. The van der Waals surface area contributed by atoms with Crippen molar-refractivity contribution in [2.45, 2.75) is 25.9 Å². The van der Waals surface area contributed by atoms with Gasteiger partial charge in [0.1, 0.15) is 11.6 Å². The van der Waals surface area contributed by atoms with Crippen molar-refractivity contribution in [3.63, 3.8) is 0 Å². The first-order chi connectivity index (χ1) is 20.4. The van der Waals surface area contributed by atoms with Gasteiger partial charge in [-0.3, -0.25) is 14.5 Å². The fourth-order valence-corrected chi connectivity index (χ4v) is 4.79. The van der Waals surface area contributed by atoms with Crippen LogP contribution in [0.1, 0.15) is 43.2 Å². The molecule has 0 spiro atoms. The van der Waals surface area contributed by atoms with Gasteiger partial charge in [-0.15, -0.1) is 0 Å². The van der Waals surface area contributed by atoms with E-state index in [0.717, 1.165) is 28.9 Å². The van der Waals surface area contributed by atoms with Gasteiger partial charge in [0.2, 0.25) is 0 Å². The lowest BCUT2D eigenvalue weighted by atomic mass is 10.1. The number of nitrogens with zero attached hydrogens (tertiary/aromatic N) is 5. The first kappa shape index (κ1) is 28.6. The third-order valence-electron chi connectivity index (χ3n) is 7.00. The van der Waals surface area contributed by atoms with Gasteiger partial charge in [-0.2, -0.15) is 0 Å². The molecule has 0 saturated heterocycles. The standard InChI is InChI=1S/C20H16FN3O2.C12H14FN3/c21-15-7-5-14(6-8-15)12-23-13-22-11-16(23)9-10-24-19(25)17-3-1-2-4-18(17)20(24)26;13-11-3-1-10(2-4-11)8-16-9-15-7-12(16)5-6-14/h1-8,11,13H,9-10,12H2;1-4,7,9H,5-6,8,14H2. The van der Waals surface area contributed by atoms with E-state index in [1.807, 2.05) is 15.3 Å². The quantitative estimate of drug-likeness (QED) is 0.265. The number of imide groups is 1. The number of nitrogens with two attached hydrogens (primary N) is 1. The molecule has 2 amide bonds. The molecule has 42 heavy (non-hydrogen) atoms. The van der Waals surface area contributed by atoms with E-state index in [0.29, 0.717) is 43.7 Å². The lowest BCUT2D eigenvalue weighted by Crippen LogP contribution is -2.32. The fraction of sp³-hybridized carbons (Fsp3) is 0.188. The SMILES string of the molecule is NCCc1cncn1Cc1ccc(F)cc1.O=C1c2ccccc2C(=O)N1CCc1cncn1Cc1ccc(F)cc1. The number of carbonyl (C=O) groups excluding carboxylic acids is 2. The zero-order chi connectivity index (χ0) is 29.5. The van der Waals surface area contributed by atoms with Gasteiger partial charge >= 0.3 is 0 Å². The van der Waals surface area contributed by atoms with Gasteiger partial charge in [0.25, 0.3) is 11.8 Å². The van der Waals surface area contributed by atoms with E-state index in [-0.39, 0.29) is 23.4 Å². The molecule has 1 aliphatic rings. The Balaban J connectivity index is 0.000000189. The third kappa shape index (κ3) is 6.67. The molecule has 10 heteroatoms. The zero-order valence-electron chi connectivity index (χ0n) is 22.9. The molecule has 8 nitrogen and oxygen atoms in total. The van der Waals surface area contributed by atoms with Crippen LogP contribution in [0.25, 0.3) is 0 Å². The smallest absolute Gasteiger partial charge is 0.261 e. The Morgan fingerprint density at radius 2 is 1.10 bits per heavy atom. The molecular weight excluding hydrogens is 538 g/mol. The Morgan fingerprint density at radius 1 is 0.643 bits per heavy atom. The molecule has 5 aromatic rings. The average molecular weight is 569 g/mol. The van der Waals surface area contributed by atoms with E-state index in [1.54, 1.807) is 67.4 Å².